The highest BCUT2D eigenvalue weighted by Crippen LogP contribution is 2.49. The molecule has 0 aliphatic rings. The summed E-state index contributed by atoms with van der Waals surface area (Å²) in [5.74, 6) is 0. The molecule has 12 aromatic rings. The van der Waals surface area contributed by atoms with Gasteiger partial charge in [-0.1, -0.05) is 91.0 Å². The molecular weight excluding hydrogens is 756 g/mol. The van der Waals surface area contributed by atoms with Crippen LogP contribution in [0.15, 0.2) is 140 Å². The van der Waals surface area contributed by atoms with Gasteiger partial charge in [-0.3, -0.25) is 0 Å². The molecule has 60 heavy (non-hydrogen) atoms. The van der Waals surface area contributed by atoms with Crippen LogP contribution in [0.1, 0.15) is 22.3 Å². The van der Waals surface area contributed by atoms with Crippen LogP contribution in [0.25, 0.3) is 98.9 Å². The second-order valence-electron chi connectivity index (χ2n) is 16.2. The van der Waals surface area contributed by atoms with E-state index in [9.17, 15) is 0 Å². The summed E-state index contributed by atoms with van der Waals surface area (Å²) in [4.78, 5) is 25.4. The van der Waals surface area contributed by atoms with E-state index in [0.717, 1.165) is 137 Å². The van der Waals surface area contributed by atoms with Gasteiger partial charge >= 0.3 is 0 Å². The first-order valence-corrected chi connectivity index (χ1v) is 22.1. The summed E-state index contributed by atoms with van der Waals surface area (Å²) in [6.07, 6.45) is 0. The minimum absolute atomic E-state index is 0.770. The highest BCUT2D eigenvalue weighted by atomic mass is 31.2. The maximum absolute atomic E-state index is 17.3. The Morgan fingerprint density at radius 3 is 1.63 bits per heavy atom. The molecule has 1 unspecified atom stereocenters. The van der Waals surface area contributed by atoms with Crippen molar-refractivity contribution in [2.45, 2.75) is 27.7 Å². The summed E-state index contributed by atoms with van der Waals surface area (Å²) in [6.45, 7) is 8.57. The maximum atomic E-state index is 17.3. The average molecular weight is 795 g/mol. The lowest BCUT2D eigenvalue weighted by atomic mass is 9.94. The molecule has 4 heterocycles. The number of hydrogen-bond donors (Lipinski definition) is 2. The van der Waals surface area contributed by atoms with Gasteiger partial charge in [0.25, 0.3) is 0 Å². The molecule has 0 saturated carbocycles. The van der Waals surface area contributed by atoms with Crippen LogP contribution in [0, 0.1) is 27.7 Å². The fraction of sp³-hybridized carbons (Fsp3) is 0.0769. The second kappa shape index (κ2) is 12.6. The molecule has 0 aliphatic heterocycles. The maximum Gasteiger partial charge on any atom is 0.239 e. The first-order valence-electron chi connectivity index (χ1n) is 20.4. The Bertz CT molecular complexity index is 3870. The van der Waals surface area contributed by atoms with Crippen molar-refractivity contribution in [2.24, 2.45) is 0 Å². The fourth-order valence-corrected chi connectivity index (χ4v) is 13.1. The van der Waals surface area contributed by atoms with E-state index >= 15 is 4.57 Å². The average Bonchev–Trinajstić information content (AvgIpc) is 3.85. The van der Waals surface area contributed by atoms with Gasteiger partial charge in [-0.2, -0.15) is 0 Å². The van der Waals surface area contributed by atoms with Gasteiger partial charge in [0.05, 0.1) is 43.7 Å². The van der Waals surface area contributed by atoms with Gasteiger partial charge < -0.3 is 14.5 Å². The Morgan fingerprint density at radius 2 is 1.00 bits per heavy atom. The third kappa shape index (κ3) is 4.81. The standard InChI is InChI=1S/C52H37N6OP/c1-28-26-42-50(57-48-40(55-42)24-22-38-46(48)33-16-8-11-19-36(33)53-38)45(30(28)3)35-18-10-13-21-44(35)60(59,32-14-6-5-7-15-32)52-31(4)29(2)27-43-51(52)58-49-41(56-43)25-23-39-47(49)34-17-9-12-20-37(34)54-39/h5-27,55-56H,1-4H3/p+2. The number of H-pyrrole nitrogens is 4. The van der Waals surface area contributed by atoms with Crippen LogP contribution in [0.4, 0.5) is 0 Å². The zero-order valence-electron chi connectivity index (χ0n) is 33.5. The summed E-state index contributed by atoms with van der Waals surface area (Å²) in [6, 6.07) is 47.7. The summed E-state index contributed by atoms with van der Waals surface area (Å²) in [5.41, 5.74) is 17.5. The molecule has 0 aliphatic carbocycles. The molecule has 4 N–H and O–H groups in total. The van der Waals surface area contributed by atoms with Crippen molar-refractivity contribution in [3.05, 3.63) is 162 Å². The third-order valence-corrected chi connectivity index (χ3v) is 16.1. The van der Waals surface area contributed by atoms with Gasteiger partial charge in [-0.25, -0.2) is 19.9 Å². The predicted octanol–water partition coefficient (Wildman–Crippen LogP) is 10.5. The molecule has 8 heteroatoms. The summed E-state index contributed by atoms with van der Waals surface area (Å²) >= 11 is 0. The number of nitrogens with zero attached hydrogens (tertiary/aromatic N) is 2. The number of aryl methyl sites for hydroxylation is 2. The molecular formula is C52H39N6OP+2. The Morgan fingerprint density at radius 1 is 0.483 bits per heavy atom. The van der Waals surface area contributed by atoms with Gasteiger partial charge in [0.15, 0.2) is 7.14 Å². The summed E-state index contributed by atoms with van der Waals surface area (Å²) < 4.78 is 17.3. The highest BCUT2D eigenvalue weighted by Gasteiger charge is 2.39. The number of hydrogen-bond acceptors (Lipinski definition) is 3. The number of para-hydroxylation sites is 2. The largest absolute Gasteiger partial charge is 0.345 e. The lowest BCUT2D eigenvalue weighted by Gasteiger charge is -2.25. The number of fused-ring (bicyclic) bond motifs is 12. The molecule has 0 radical (unpaired) electrons. The molecule has 0 fully saturated rings. The van der Waals surface area contributed by atoms with E-state index in [0.29, 0.717) is 0 Å². The fourth-order valence-electron chi connectivity index (χ4n) is 9.73. The Labute approximate surface area is 344 Å². The first-order chi connectivity index (χ1) is 29.3. The minimum Gasteiger partial charge on any atom is -0.345 e. The van der Waals surface area contributed by atoms with Gasteiger partial charge in [0, 0.05) is 26.9 Å². The quantitative estimate of drug-likeness (QED) is 0.137. The Kier molecular flexibility index (Phi) is 7.33. The van der Waals surface area contributed by atoms with Crippen LogP contribution in [0.3, 0.4) is 0 Å². The molecule has 0 bridgehead atoms. The molecule has 4 aromatic heterocycles. The molecule has 7 nitrogen and oxygen atoms in total. The van der Waals surface area contributed by atoms with Gasteiger partial charge in [-0.05, 0) is 98.5 Å². The van der Waals surface area contributed by atoms with Crippen LogP contribution in [-0.4, -0.2) is 19.9 Å². The van der Waals surface area contributed by atoms with Gasteiger partial charge in [0.1, 0.15) is 22.1 Å². The van der Waals surface area contributed by atoms with Crippen molar-refractivity contribution < 1.29 is 14.5 Å². The molecule has 286 valence electrons. The normalized spacial score (nSPS) is 13.2. The van der Waals surface area contributed by atoms with Crippen LogP contribution < -0.4 is 25.9 Å². The summed E-state index contributed by atoms with van der Waals surface area (Å²) in [7, 11) is -3.69. The van der Waals surface area contributed by atoms with E-state index in [-0.39, 0.29) is 0 Å². The van der Waals surface area contributed by atoms with E-state index in [4.69, 9.17) is 9.97 Å². The van der Waals surface area contributed by atoms with Crippen molar-refractivity contribution >= 4 is 111 Å². The van der Waals surface area contributed by atoms with Crippen LogP contribution in [-0.2, 0) is 4.57 Å². The summed E-state index contributed by atoms with van der Waals surface area (Å²) in [5, 5.41) is 6.65. The molecule has 0 amide bonds. The van der Waals surface area contributed by atoms with Crippen molar-refractivity contribution in [1.29, 1.82) is 0 Å². The van der Waals surface area contributed by atoms with E-state index in [1.54, 1.807) is 0 Å². The molecule has 12 rings (SSSR count). The van der Waals surface area contributed by atoms with Crippen LogP contribution >= 0.6 is 7.14 Å². The molecule has 8 aromatic carbocycles. The first kappa shape index (κ1) is 34.8. The van der Waals surface area contributed by atoms with E-state index in [1.807, 2.05) is 48.5 Å². The molecule has 1 atom stereocenters. The predicted molar refractivity (Wildman–Crippen MR) is 248 cm³/mol. The zero-order valence-corrected chi connectivity index (χ0v) is 34.4. The monoisotopic (exact) mass is 794 g/mol. The van der Waals surface area contributed by atoms with E-state index in [1.165, 1.54) is 0 Å². The molecule has 0 saturated heterocycles. The van der Waals surface area contributed by atoms with Crippen molar-refractivity contribution in [1.82, 2.24) is 19.9 Å². The number of benzene rings is 8. The SMILES string of the molecule is Cc1cc2[nH]c3ccc4nc5ccccc5c4c3[nH+]c2c(-c2ccccc2P(=O)(c2ccccc2)c2c(C)c(C)cc3[nH]c4ccc5nc6ccccc6c5c4[nH+]c23)c1C. The third-order valence-electron chi connectivity index (χ3n) is 12.8. The Hall–Kier alpha value is -7.21. The Balaban J connectivity index is 1.21. The van der Waals surface area contributed by atoms with E-state index in [2.05, 4.69) is 139 Å². The smallest absolute Gasteiger partial charge is 0.239 e. The van der Waals surface area contributed by atoms with Crippen molar-refractivity contribution in [3.63, 3.8) is 0 Å². The van der Waals surface area contributed by atoms with Crippen molar-refractivity contribution in [3.8, 4) is 11.1 Å². The lowest BCUT2D eigenvalue weighted by molar-refractivity contribution is -0.309. The number of rotatable bonds is 4. The topological polar surface area (TPSA) is 103 Å². The van der Waals surface area contributed by atoms with Gasteiger partial charge in [-0.15, -0.1) is 0 Å². The molecule has 0 spiro atoms. The lowest BCUT2D eigenvalue weighted by Crippen LogP contribution is -2.32. The van der Waals surface area contributed by atoms with Crippen LogP contribution in [0.2, 0.25) is 0 Å². The zero-order chi connectivity index (χ0) is 40.4. The number of nitrogens with one attached hydrogen (secondary N) is 4. The number of aromatic nitrogens is 6. The van der Waals surface area contributed by atoms with Gasteiger partial charge in [0.2, 0.25) is 22.1 Å². The minimum atomic E-state index is -3.69. The van der Waals surface area contributed by atoms with Crippen molar-refractivity contribution in [2.75, 3.05) is 0 Å². The van der Waals surface area contributed by atoms with Crippen LogP contribution in [0.5, 0.6) is 0 Å². The number of aromatic amines is 4. The highest BCUT2D eigenvalue weighted by molar-refractivity contribution is 7.86. The second-order valence-corrected chi connectivity index (χ2v) is 18.9. The van der Waals surface area contributed by atoms with E-state index < -0.39 is 7.14 Å².